The van der Waals surface area contributed by atoms with Gasteiger partial charge in [0.2, 0.25) is 0 Å². The van der Waals surface area contributed by atoms with Crippen molar-refractivity contribution in [2.24, 2.45) is 0 Å². The van der Waals surface area contributed by atoms with Crippen LogP contribution in [0.4, 0.5) is 0 Å². The number of rotatable bonds is 6. The van der Waals surface area contributed by atoms with Crippen molar-refractivity contribution in [3.63, 3.8) is 0 Å². The van der Waals surface area contributed by atoms with Gasteiger partial charge in [-0.1, -0.05) is 30.3 Å². The zero-order chi connectivity index (χ0) is 15.2. The van der Waals surface area contributed by atoms with E-state index in [9.17, 15) is 10.1 Å². The molecule has 0 unspecified atom stereocenters. The zero-order valence-electron chi connectivity index (χ0n) is 12.5. The van der Waals surface area contributed by atoms with E-state index >= 15 is 0 Å². The van der Waals surface area contributed by atoms with Crippen LogP contribution in [-0.2, 0) is 11.3 Å². The molecule has 1 N–H and O–H groups in total. The summed E-state index contributed by atoms with van der Waals surface area (Å²) in [6, 6.07) is 12.3. The van der Waals surface area contributed by atoms with Crippen LogP contribution in [0.15, 0.2) is 42.1 Å². The molecule has 1 aliphatic carbocycles. The van der Waals surface area contributed by atoms with Gasteiger partial charge in [-0.15, -0.1) is 0 Å². The van der Waals surface area contributed by atoms with Crippen LogP contribution in [0.2, 0.25) is 0 Å². The summed E-state index contributed by atoms with van der Waals surface area (Å²) in [7, 11) is 0. The Balaban J connectivity index is 2.10. The van der Waals surface area contributed by atoms with Crippen molar-refractivity contribution in [1.29, 1.82) is 5.26 Å². The molecule has 1 fully saturated rings. The second kappa shape index (κ2) is 6.94. The normalized spacial score (nSPS) is 14.7. The topological polar surface area (TPSA) is 56.1 Å². The average Bonchev–Trinajstić information content (AvgIpc) is 3.30. The molecule has 4 heteroatoms. The molecule has 4 nitrogen and oxygen atoms in total. The Hall–Kier alpha value is -2.28. The molecule has 0 heterocycles. The molecule has 2 rings (SSSR count). The Morgan fingerprint density at radius 1 is 1.43 bits per heavy atom. The first-order valence-electron chi connectivity index (χ1n) is 7.33. The Kier molecular flexibility index (Phi) is 4.99. The standard InChI is InChI=1S/C17H21N3O/c1-13(2)20(12-14-6-4-3-5-7-14)17(21)15(10-18)11-19-16-8-9-16/h3-7,11,13,16,19H,8-9,12H2,1-2H3/b15-11-. The number of nitriles is 1. The van der Waals surface area contributed by atoms with Crippen LogP contribution in [0, 0.1) is 11.3 Å². The van der Waals surface area contributed by atoms with Gasteiger partial charge in [0.1, 0.15) is 11.6 Å². The fraction of sp³-hybridized carbons (Fsp3) is 0.412. The quantitative estimate of drug-likeness (QED) is 0.645. The van der Waals surface area contributed by atoms with E-state index in [4.69, 9.17) is 0 Å². The molecule has 0 saturated heterocycles. The lowest BCUT2D eigenvalue weighted by Crippen LogP contribution is -2.37. The van der Waals surface area contributed by atoms with Crippen LogP contribution in [0.3, 0.4) is 0 Å². The first-order valence-corrected chi connectivity index (χ1v) is 7.33. The van der Waals surface area contributed by atoms with Crippen LogP contribution in [0.25, 0.3) is 0 Å². The first-order chi connectivity index (χ1) is 10.1. The molecule has 1 aromatic rings. The maximum Gasteiger partial charge on any atom is 0.266 e. The van der Waals surface area contributed by atoms with Gasteiger partial charge in [0.05, 0.1) is 0 Å². The van der Waals surface area contributed by atoms with Gasteiger partial charge >= 0.3 is 0 Å². The summed E-state index contributed by atoms with van der Waals surface area (Å²) in [6.07, 6.45) is 3.79. The van der Waals surface area contributed by atoms with Gasteiger partial charge in [-0.25, -0.2) is 0 Å². The molecule has 0 spiro atoms. The van der Waals surface area contributed by atoms with Gasteiger partial charge in [0, 0.05) is 24.8 Å². The molecule has 1 aliphatic rings. The number of nitrogens with one attached hydrogen (secondary N) is 1. The van der Waals surface area contributed by atoms with Gasteiger partial charge in [0.25, 0.3) is 5.91 Å². The van der Waals surface area contributed by atoms with E-state index in [1.165, 1.54) is 0 Å². The number of carbonyl (C=O) groups is 1. The van der Waals surface area contributed by atoms with E-state index in [1.54, 1.807) is 11.1 Å². The van der Waals surface area contributed by atoms with E-state index in [0.29, 0.717) is 12.6 Å². The highest BCUT2D eigenvalue weighted by Crippen LogP contribution is 2.19. The van der Waals surface area contributed by atoms with E-state index in [0.717, 1.165) is 18.4 Å². The van der Waals surface area contributed by atoms with Gasteiger partial charge in [-0.2, -0.15) is 5.26 Å². The summed E-state index contributed by atoms with van der Waals surface area (Å²) in [4.78, 5) is 14.3. The fourth-order valence-corrected chi connectivity index (χ4v) is 2.02. The summed E-state index contributed by atoms with van der Waals surface area (Å²) >= 11 is 0. The number of carbonyl (C=O) groups excluding carboxylic acids is 1. The lowest BCUT2D eigenvalue weighted by atomic mass is 10.1. The molecular formula is C17H21N3O. The molecule has 0 bridgehead atoms. The van der Waals surface area contributed by atoms with Crippen LogP contribution in [0.1, 0.15) is 32.3 Å². The monoisotopic (exact) mass is 283 g/mol. The molecule has 1 amide bonds. The smallest absolute Gasteiger partial charge is 0.266 e. The summed E-state index contributed by atoms with van der Waals surface area (Å²) in [5.74, 6) is -0.218. The predicted octanol–water partition coefficient (Wildman–Crippen LogP) is 2.58. The number of nitrogens with zero attached hydrogens (tertiary/aromatic N) is 2. The largest absolute Gasteiger partial charge is 0.387 e. The summed E-state index contributed by atoms with van der Waals surface area (Å²) in [6.45, 7) is 4.44. The lowest BCUT2D eigenvalue weighted by Gasteiger charge is -2.26. The highest BCUT2D eigenvalue weighted by atomic mass is 16.2. The number of hydrogen-bond donors (Lipinski definition) is 1. The molecule has 1 aromatic carbocycles. The Bertz CT molecular complexity index is 553. The Morgan fingerprint density at radius 3 is 2.62 bits per heavy atom. The van der Waals surface area contributed by atoms with Crippen molar-refractivity contribution < 1.29 is 4.79 Å². The van der Waals surface area contributed by atoms with Gasteiger partial charge in [-0.05, 0) is 32.3 Å². The molecular weight excluding hydrogens is 262 g/mol. The van der Waals surface area contributed by atoms with Crippen molar-refractivity contribution in [2.75, 3.05) is 0 Å². The van der Waals surface area contributed by atoms with Crippen molar-refractivity contribution in [1.82, 2.24) is 10.2 Å². The van der Waals surface area contributed by atoms with Crippen LogP contribution >= 0.6 is 0 Å². The van der Waals surface area contributed by atoms with Crippen molar-refractivity contribution in [2.45, 2.75) is 45.3 Å². The summed E-state index contributed by atoms with van der Waals surface area (Å²) in [5, 5.41) is 12.3. The SMILES string of the molecule is CC(C)N(Cc1ccccc1)C(=O)/C(C#N)=C\NC1CC1. The van der Waals surface area contributed by atoms with E-state index in [-0.39, 0.29) is 17.5 Å². The van der Waals surface area contributed by atoms with Crippen LogP contribution in [-0.4, -0.2) is 22.9 Å². The minimum Gasteiger partial charge on any atom is -0.387 e. The lowest BCUT2D eigenvalue weighted by molar-refractivity contribution is -0.129. The highest BCUT2D eigenvalue weighted by molar-refractivity contribution is 5.97. The molecule has 0 radical (unpaired) electrons. The fourth-order valence-electron chi connectivity index (χ4n) is 2.02. The van der Waals surface area contributed by atoms with Gasteiger partial charge in [0.15, 0.2) is 0 Å². The van der Waals surface area contributed by atoms with E-state index in [2.05, 4.69) is 5.32 Å². The van der Waals surface area contributed by atoms with Crippen molar-refractivity contribution >= 4 is 5.91 Å². The first kappa shape index (κ1) is 15.1. The van der Waals surface area contributed by atoms with Crippen molar-refractivity contribution in [3.05, 3.63) is 47.7 Å². The maximum atomic E-state index is 12.5. The molecule has 0 aliphatic heterocycles. The molecule has 110 valence electrons. The van der Waals surface area contributed by atoms with E-state index in [1.807, 2.05) is 50.2 Å². The second-order valence-corrected chi connectivity index (χ2v) is 5.62. The third-order valence-electron chi connectivity index (χ3n) is 3.47. The van der Waals surface area contributed by atoms with Crippen LogP contribution in [0.5, 0.6) is 0 Å². The second-order valence-electron chi connectivity index (χ2n) is 5.62. The number of hydrogen-bond acceptors (Lipinski definition) is 3. The molecule has 0 aromatic heterocycles. The highest BCUT2D eigenvalue weighted by Gasteiger charge is 2.23. The minimum atomic E-state index is -0.218. The Labute approximate surface area is 126 Å². The minimum absolute atomic E-state index is 0.0374. The maximum absolute atomic E-state index is 12.5. The third kappa shape index (κ3) is 4.35. The average molecular weight is 283 g/mol. The predicted molar refractivity (Wildman–Crippen MR) is 82.0 cm³/mol. The van der Waals surface area contributed by atoms with Crippen LogP contribution < -0.4 is 5.32 Å². The van der Waals surface area contributed by atoms with Gasteiger partial charge in [-0.3, -0.25) is 4.79 Å². The summed E-state index contributed by atoms with van der Waals surface area (Å²) in [5.41, 5.74) is 1.23. The van der Waals surface area contributed by atoms with Gasteiger partial charge < -0.3 is 10.2 Å². The van der Waals surface area contributed by atoms with E-state index < -0.39 is 0 Å². The third-order valence-corrected chi connectivity index (χ3v) is 3.47. The number of benzene rings is 1. The zero-order valence-corrected chi connectivity index (χ0v) is 12.5. The Morgan fingerprint density at radius 2 is 2.10 bits per heavy atom. The molecule has 21 heavy (non-hydrogen) atoms. The summed E-state index contributed by atoms with van der Waals surface area (Å²) < 4.78 is 0. The molecule has 0 atom stereocenters. The van der Waals surface area contributed by atoms with Crippen molar-refractivity contribution in [3.8, 4) is 6.07 Å². The molecule has 1 saturated carbocycles. The number of amides is 1.